The molecule has 0 aliphatic carbocycles. The molecule has 0 fully saturated rings. The first-order valence-corrected chi connectivity index (χ1v) is 6.60. The van der Waals surface area contributed by atoms with Crippen molar-refractivity contribution >= 4 is 5.97 Å². The predicted molar refractivity (Wildman–Crippen MR) is 71.0 cm³/mol. The lowest BCUT2D eigenvalue weighted by Gasteiger charge is -2.27. The maximum Gasteiger partial charge on any atom is 0.308 e. The van der Waals surface area contributed by atoms with Gasteiger partial charge < -0.3 is 14.2 Å². The summed E-state index contributed by atoms with van der Waals surface area (Å²) in [4.78, 5) is 11.6. The predicted octanol–water partition coefficient (Wildman–Crippen LogP) is 2.70. The molecule has 1 aromatic rings. The monoisotopic (exact) mass is 264 g/mol. The number of benzene rings is 1. The molecule has 1 aliphatic rings. The Labute approximate surface area is 113 Å². The second kappa shape index (κ2) is 5.61. The third-order valence-electron chi connectivity index (χ3n) is 2.93. The number of para-hydroxylation sites is 1. The molecular formula is C15H20O4. The van der Waals surface area contributed by atoms with Crippen LogP contribution in [0, 0.1) is 0 Å². The van der Waals surface area contributed by atoms with E-state index in [4.69, 9.17) is 14.2 Å². The Kier molecular flexibility index (Phi) is 4.10. The Bertz CT molecular complexity index is 453. The van der Waals surface area contributed by atoms with E-state index in [1.54, 1.807) is 6.92 Å². The molecule has 0 saturated carbocycles. The molecule has 1 aromatic carbocycles. The maximum absolute atomic E-state index is 11.6. The van der Waals surface area contributed by atoms with Gasteiger partial charge in [-0.25, -0.2) is 0 Å². The maximum atomic E-state index is 11.6. The standard InChI is InChI=1S/C15H20O4/c1-4-17-14(16)10-12-9-11-7-5-6-8-13(11)19-15(2,3)18-12/h5-8,12H,4,9-10H2,1-3H3. The molecule has 0 amide bonds. The Hall–Kier alpha value is -1.55. The number of carbonyl (C=O) groups is 1. The van der Waals surface area contributed by atoms with E-state index < -0.39 is 5.79 Å². The SMILES string of the molecule is CCOC(=O)CC1Cc2ccccc2OC(C)(C)O1. The van der Waals surface area contributed by atoms with Crippen molar-refractivity contribution in [2.75, 3.05) is 6.61 Å². The van der Waals surface area contributed by atoms with Gasteiger partial charge in [0.2, 0.25) is 5.79 Å². The molecule has 0 aromatic heterocycles. The van der Waals surface area contributed by atoms with Crippen LogP contribution in [0.2, 0.25) is 0 Å². The van der Waals surface area contributed by atoms with Crippen LogP contribution in [0.15, 0.2) is 24.3 Å². The molecule has 1 aliphatic heterocycles. The summed E-state index contributed by atoms with van der Waals surface area (Å²) in [5, 5.41) is 0. The minimum atomic E-state index is -0.746. The van der Waals surface area contributed by atoms with Crippen LogP contribution in [-0.2, 0) is 20.7 Å². The zero-order valence-corrected chi connectivity index (χ0v) is 11.6. The van der Waals surface area contributed by atoms with Gasteiger partial charge in [-0.2, -0.15) is 0 Å². The van der Waals surface area contributed by atoms with E-state index >= 15 is 0 Å². The fraction of sp³-hybridized carbons (Fsp3) is 0.533. The van der Waals surface area contributed by atoms with Gasteiger partial charge in [0.05, 0.1) is 19.1 Å². The molecule has 104 valence electrons. The molecule has 0 radical (unpaired) electrons. The number of hydrogen-bond acceptors (Lipinski definition) is 4. The third kappa shape index (κ3) is 3.70. The van der Waals surface area contributed by atoms with Gasteiger partial charge in [0, 0.05) is 20.3 Å². The number of hydrogen-bond donors (Lipinski definition) is 0. The summed E-state index contributed by atoms with van der Waals surface area (Å²) in [6.45, 7) is 5.90. The van der Waals surface area contributed by atoms with Crippen LogP contribution in [0.1, 0.15) is 32.8 Å². The van der Waals surface area contributed by atoms with Crippen molar-refractivity contribution in [2.24, 2.45) is 0 Å². The van der Waals surface area contributed by atoms with Crippen LogP contribution in [0.4, 0.5) is 0 Å². The molecule has 0 spiro atoms. The molecule has 1 atom stereocenters. The second-order valence-electron chi connectivity index (χ2n) is 5.06. The molecule has 0 N–H and O–H groups in total. The lowest BCUT2D eigenvalue weighted by atomic mass is 10.0. The van der Waals surface area contributed by atoms with E-state index in [0.717, 1.165) is 11.3 Å². The molecule has 4 heteroatoms. The Morgan fingerprint density at radius 2 is 2.16 bits per heavy atom. The molecule has 1 heterocycles. The Balaban J connectivity index is 2.16. The average molecular weight is 264 g/mol. The van der Waals surface area contributed by atoms with E-state index in [2.05, 4.69) is 0 Å². The van der Waals surface area contributed by atoms with Crippen LogP contribution in [0.5, 0.6) is 5.75 Å². The number of carbonyl (C=O) groups excluding carboxylic acids is 1. The fourth-order valence-corrected chi connectivity index (χ4v) is 2.27. The second-order valence-corrected chi connectivity index (χ2v) is 5.06. The normalized spacial score (nSPS) is 20.9. The van der Waals surface area contributed by atoms with E-state index in [9.17, 15) is 4.79 Å². The highest BCUT2D eigenvalue weighted by Gasteiger charge is 2.32. The molecular weight excluding hydrogens is 244 g/mol. The largest absolute Gasteiger partial charge is 0.466 e. The van der Waals surface area contributed by atoms with Crippen molar-refractivity contribution in [3.63, 3.8) is 0 Å². The van der Waals surface area contributed by atoms with E-state index in [1.165, 1.54) is 0 Å². The number of rotatable bonds is 3. The molecule has 19 heavy (non-hydrogen) atoms. The molecule has 1 unspecified atom stereocenters. The van der Waals surface area contributed by atoms with E-state index in [0.29, 0.717) is 13.0 Å². The number of esters is 1. The van der Waals surface area contributed by atoms with Gasteiger partial charge in [-0.15, -0.1) is 0 Å². The Morgan fingerprint density at radius 3 is 2.89 bits per heavy atom. The van der Waals surface area contributed by atoms with Gasteiger partial charge in [0.25, 0.3) is 0 Å². The minimum absolute atomic E-state index is 0.224. The van der Waals surface area contributed by atoms with Crippen LogP contribution >= 0.6 is 0 Å². The lowest BCUT2D eigenvalue weighted by molar-refractivity contribution is -0.187. The first-order valence-electron chi connectivity index (χ1n) is 6.60. The number of fused-ring (bicyclic) bond motifs is 1. The van der Waals surface area contributed by atoms with Gasteiger partial charge in [-0.1, -0.05) is 18.2 Å². The number of ether oxygens (including phenoxy) is 3. The molecule has 2 rings (SSSR count). The summed E-state index contributed by atoms with van der Waals surface area (Å²) in [6, 6.07) is 7.81. The van der Waals surface area contributed by atoms with Crippen LogP contribution in [0.25, 0.3) is 0 Å². The average Bonchev–Trinajstić information content (AvgIpc) is 2.42. The van der Waals surface area contributed by atoms with Gasteiger partial charge in [0.1, 0.15) is 5.75 Å². The highest BCUT2D eigenvalue weighted by atomic mass is 16.7. The van der Waals surface area contributed by atoms with E-state index in [-0.39, 0.29) is 18.5 Å². The van der Waals surface area contributed by atoms with Crippen molar-refractivity contribution in [2.45, 2.75) is 45.5 Å². The van der Waals surface area contributed by atoms with Crippen LogP contribution < -0.4 is 4.74 Å². The summed E-state index contributed by atoms with van der Waals surface area (Å²) in [5.41, 5.74) is 1.06. The van der Waals surface area contributed by atoms with E-state index in [1.807, 2.05) is 38.1 Å². The first-order chi connectivity index (χ1) is 9.00. The summed E-state index contributed by atoms with van der Waals surface area (Å²) in [7, 11) is 0. The topological polar surface area (TPSA) is 44.8 Å². The highest BCUT2D eigenvalue weighted by Crippen LogP contribution is 2.31. The van der Waals surface area contributed by atoms with Gasteiger partial charge >= 0.3 is 5.97 Å². The van der Waals surface area contributed by atoms with Crippen molar-refractivity contribution in [3.8, 4) is 5.75 Å². The smallest absolute Gasteiger partial charge is 0.308 e. The van der Waals surface area contributed by atoms with Gasteiger partial charge in [-0.3, -0.25) is 4.79 Å². The van der Waals surface area contributed by atoms with Crippen molar-refractivity contribution in [3.05, 3.63) is 29.8 Å². The third-order valence-corrected chi connectivity index (χ3v) is 2.93. The molecule has 0 bridgehead atoms. The highest BCUT2D eigenvalue weighted by molar-refractivity contribution is 5.70. The lowest BCUT2D eigenvalue weighted by Crippen LogP contribution is -2.36. The van der Waals surface area contributed by atoms with Crippen LogP contribution in [-0.4, -0.2) is 24.5 Å². The first kappa shape index (κ1) is 13.9. The Morgan fingerprint density at radius 1 is 1.42 bits per heavy atom. The quantitative estimate of drug-likeness (QED) is 0.787. The zero-order valence-electron chi connectivity index (χ0n) is 11.6. The van der Waals surface area contributed by atoms with Crippen molar-refractivity contribution in [1.82, 2.24) is 0 Å². The fourth-order valence-electron chi connectivity index (χ4n) is 2.27. The minimum Gasteiger partial charge on any atom is -0.466 e. The van der Waals surface area contributed by atoms with Gasteiger partial charge in [0.15, 0.2) is 0 Å². The van der Waals surface area contributed by atoms with Crippen LogP contribution in [0.3, 0.4) is 0 Å². The summed E-state index contributed by atoms with van der Waals surface area (Å²) in [6.07, 6.45) is 0.672. The summed E-state index contributed by atoms with van der Waals surface area (Å²) < 4.78 is 16.7. The zero-order chi connectivity index (χ0) is 13.9. The van der Waals surface area contributed by atoms with Crippen molar-refractivity contribution < 1.29 is 19.0 Å². The molecule has 0 saturated heterocycles. The molecule has 4 nitrogen and oxygen atoms in total. The summed E-state index contributed by atoms with van der Waals surface area (Å²) >= 11 is 0. The van der Waals surface area contributed by atoms with Crippen molar-refractivity contribution in [1.29, 1.82) is 0 Å². The summed E-state index contributed by atoms with van der Waals surface area (Å²) in [5.74, 6) is -0.162. The van der Waals surface area contributed by atoms with Gasteiger partial charge in [-0.05, 0) is 18.6 Å².